The largest absolute Gasteiger partial charge is 0.364 e. The summed E-state index contributed by atoms with van der Waals surface area (Å²) >= 11 is 0. The first-order valence-corrected chi connectivity index (χ1v) is 2.13. The van der Waals surface area contributed by atoms with Crippen molar-refractivity contribution >= 4 is 0 Å². The van der Waals surface area contributed by atoms with E-state index in [-0.39, 0.29) is 5.92 Å². The first kappa shape index (κ1) is 4.06. The summed E-state index contributed by atoms with van der Waals surface area (Å²) in [5.74, 6) is -0.00926. The van der Waals surface area contributed by atoms with Gasteiger partial charge in [0, 0.05) is 5.92 Å². The number of hydrogen-bond acceptors (Lipinski definition) is 1. The molecule has 1 N–H and O–H groups in total. The summed E-state index contributed by atoms with van der Waals surface area (Å²) in [5, 5.41) is 8.03. The third kappa shape index (κ3) is 0.684. The van der Waals surface area contributed by atoms with Gasteiger partial charge in [-0.1, -0.05) is 0 Å². The van der Waals surface area contributed by atoms with Crippen molar-refractivity contribution in [3.63, 3.8) is 0 Å². The van der Waals surface area contributed by atoms with Gasteiger partial charge in [-0.2, -0.15) is 0 Å². The maximum Gasteiger partial charge on any atom is 0.199 e. The molecule has 0 aromatic heterocycles. The Morgan fingerprint density at radius 3 is 2.17 bits per heavy atom. The summed E-state index contributed by atoms with van der Waals surface area (Å²) in [6.07, 6.45) is 0.208. The van der Waals surface area contributed by atoms with E-state index in [4.69, 9.17) is 5.11 Å². The fourth-order valence-corrected chi connectivity index (χ4v) is 0.371. The normalized spacial score (nSPS) is 27.0. The van der Waals surface area contributed by atoms with Crippen LogP contribution in [0.3, 0.4) is 0 Å². The van der Waals surface area contributed by atoms with Crippen LogP contribution in [0, 0.1) is 5.92 Å². The van der Waals surface area contributed by atoms with E-state index < -0.39 is 6.36 Å². The second kappa shape index (κ2) is 1.19. The molecule has 1 aliphatic rings. The van der Waals surface area contributed by atoms with E-state index in [0.717, 1.165) is 12.8 Å². The van der Waals surface area contributed by atoms with Crippen LogP contribution in [-0.2, 0) is 0 Å². The second-order valence-corrected chi connectivity index (χ2v) is 1.71. The predicted octanol–water partition coefficient (Wildman–Crippen LogP) is 0.684. The van der Waals surface area contributed by atoms with Crippen LogP contribution in [0.2, 0.25) is 0 Å². The van der Waals surface area contributed by atoms with Crippen LogP contribution >= 0.6 is 0 Å². The average molecular weight is 90.1 g/mol. The lowest BCUT2D eigenvalue weighted by Gasteiger charge is -1.89. The fraction of sp³-hybridized carbons (Fsp3) is 1.00. The summed E-state index contributed by atoms with van der Waals surface area (Å²) in [4.78, 5) is 0. The van der Waals surface area contributed by atoms with Crippen molar-refractivity contribution in [1.29, 1.82) is 0 Å². The van der Waals surface area contributed by atoms with E-state index in [2.05, 4.69) is 0 Å². The molecule has 0 aromatic carbocycles. The third-order valence-corrected chi connectivity index (χ3v) is 1.01. The Balaban J connectivity index is 2.13. The van der Waals surface area contributed by atoms with E-state index in [1.807, 2.05) is 0 Å². The summed E-state index contributed by atoms with van der Waals surface area (Å²) < 4.78 is 11.4. The molecule has 0 radical (unpaired) electrons. The lowest BCUT2D eigenvalue weighted by Crippen LogP contribution is -1.97. The fourth-order valence-electron chi connectivity index (χ4n) is 0.371. The SMILES string of the molecule is OC(F)C1CC1. The molecule has 1 unspecified atom stereocenters. The van der Waals surface area contributed by atoms with E-state index in [1.54, 1.807) is 0 Å². The number of hydrogen-bond donors (Lipinski definition) is 1. The molecule has 1 nitrogen and oxygen atoms in total. The molecule has 1 saturated carbocycles. The van der Waals surface area contributed by atoms with Gasteiger partial charge in [-0.3, -0.25) is 0 Å². The van der Waals surface area contributed by atoms with Gasteiger partial charge in [-0.15, -0.1) is 0 Å². The van der Waals surface area contributed by atoms with E-state index in [0.29, 0.717) is 0 Å². The Bertz CT molecular complexity index is 49.5. The van der Waals surface area contributed by atoms with E-state index in [9.17, 15) is 4.39 Å². The molecule has 2 heteroatoms. The van der Waals surface area contributed by atoms with Gasteiger partial charge in [0.25, 0.3) is 0 Å². The molecule has 1 atom stereocenters. The Hall–Kier alpha value is -0.110. The molecule has 0 spiro atoms. The Morgan fingerprint density at radius 2 is 2.17 bits per heavy atom. The van der Waals surface area contributed by atoms with Crippen LogP contribution in [0.1, 0.15) is 12.8 Å². The molecule has 36 valence electrons. The lowest BCUT2D eigenvalue weighted by atomic mass is 10.4. The zero-order chi connectivity index (χ0) is 4.57. The van der Waals surface area contributed by atoms with Crippen molar-refractivity contribution in [3.8, 4) is 0 Å². The molecular weight excluding hydrogens is 83.0 g/mol. The highest BCUT2D eigenvalue weighted by Crippen LogP contribution is 2.32. The van der Waals surface area contributed by atoms with Gasteiger partial charge < -0.3 is 5.11 Å². The van der Waals surface area contributed by atoms with Gasteiger partial charge in [0.15, 0.2) is 6.36 Å². The molecule has 0 aromatic rings. The summed E-state index contributed by atoms with van der Waals surface area (Å²) in [5.41, 5.74) is 0. The van der Waals surface area contributed by atoms with E-state index in [1.165, 1.54) is 0 Å². The highest BCUT2D eigenvalue weighted by molar-refractivity contribution is 4.74. The number of halogens is 1. The standard InChI is InChI=1S/C4H7FO/c5-4(6)3-1-2-3/h3-4,6H,1-2H2. The van der Waals surface area contributed by atoms with E-state index >= 15 is 0 Å². The van der Waals surface area contributed by atoms with Gasteiger partial charge in [0.2, 0.25) is 0 Å². The molecule has 1 fully saturated rings. The molecule has 6 heavy (non-hydrogen) atoms. The highest BCUT2D eigenvalue weighted by Gasteiger charge is 2.29. The smallest absolute Gasteiger partial charge is 0.199 e. The molecule has 0 aliphatic heterocycles. The maximum absolute atomic E-state index is 11.4. The Labute approximate surface area is 35.8 Å². The van der Waals surface area contributed by atoms with Crippen LogP contribution < -0.4 is 0 Å². The summed E-state index contributed by atoms with van der Waals surface area (Å²) in [6, 6.07) is 0. The first-order valence-electron chi connectivity index (χ1n) is 2.13. The number of aliphatic hydroxyl groups excluding tert-OH is 1. The van der Waals surface area contributed by atoms with Crippen molar-refractivity contribution < 1.29 is 9.50 Å². The van der Waals surface area contributed by atoms with Crippen molar-refractivity contribution in [3.05, 3.63) is 0 Å². The molecule has 1 rings (SSSR count). The van der Waals surface area contributed by atoms with Crippen molar-refractivity contribution in [1.82, 2.24) is 0 Å². The molecule has 0 amide bonds. The average Bonchev–Trinajstić information content (AvgIpc) is 2.06. The topological polar surface area (TPSA) is 20.2 Å². The highest BCUT2D eigenvalue weighted by atomic mass is 19.1. The minimum atomic E-state index is -1.54. The molecule has 0 bridgehead atoms. The minimum Gasteiger partial charge on any atom is -0.364 e. The van der Waals surface area contributed by atoms with Gasteiger partial charge in [-0.25, -0.2) is 4.39 Å². The number of rotatable bonds is 1. The minimum absolute atomic E-state index is 0.00926. The lowest BCUT2D eigenvalue weighted by molar-refractivity contribution is 0.0221. The molecule has 1 aliphatic carbocycles. The monoisotopic (exact) mass is 90.0 g/mol. The summed E-state index contributed by atoms with van der Waals surface area (Å²) in [6.45, 7) is 0. The van der Waals surface area contributed by atoms with Gasteiger partial charge in [-0.05, 0) is 12.8 Å². The number of alkyl halides is 1. The zero-order valence-corrected chi connectivity index (χ0v) is 3.39. The van der Waals surface area contributed by atoms with Gasteiger partial charge in [0.1, 0.15) is 0 Å². The van der Waals surface area contributed by atoms with Crippen LogP contribution in [-0.4, -0.2) is 11.5 Å². The quantitative estimate of drug-likeness (QED) is 0.502. The van der Waals surface area contributed by atoms with Gasteiger partial charge >= 0.3 is 0 Å². The number of aliphatic hydroxyl groups is 1. The maximum atomic E-state index is 11.4. The third-order valence-electron chi connectivity index (χ3n) is 1.01. The molecule has 0 heterocycles. The Morgan fingerprint density at radius 1 is 1.67 bits per heavy atom. The second-order valence-electron chi connectivity index (χ2n) is 1.71. The molecule has 0 saturated heterocycles. The summed E-state index contributed by atoms with van der Waals surface area (Å²) in [7, 11) is 0. The zero-order valence-electron chi connectivity index (χ0n) is 3.39. The van der Waals surface area contributed by atoms with Crippen LogP contribution in [0.4, 0.5) is 4.39 Å². The van der Waals surface area contributed by atoms with Crippen LogP contribution in [0.15, 0.2) is 0 Å². The van der Waals surface area contributed by atoms with Crippen molar-refractivity contribution in [2.75, 3.05) is 0 Å². The van der Waals surface area contributed by atoms with Crippen molar-refractivity contribution in [2.45, 2.75) is 19.2 Å². The molecular formula is C4H7FO. The van der Waals surface area contributed by atoms with Crippen molar-refractivity contribution in [2.24, 2.45) is 5.92 Å². The Kier molecular flexibility index (Phi) is 0.804. The predicted molar refractivity (Wildman–Crippen MR) is 19.8 cm³/mol. The first-order chi connectivity index (χ1) is 2.80. The van der Waals surface area contributed by atoms with Crippen LogP contribution in [0.5, 0.6) is 0 Å². The van der Waals surface area contributed by atoms with Crippen LogP contribution in [0.25, 0.3) is 0 Å². The van der Waals surface area contributed by atoms with Gasteiger partial charge in [0.05, 0.1) is 0 Å².